The zero-order chi connectivity index (χ0) is 23.1. The number of nitrogens with zero attached hydrogens (tertiary/aromatic N) is 1. The maximum absolute atomic E-state index is 10.2. The van der Waals surface area contributed by atoms with Gasteiger partial charge in [-0.25, -0.2) is 0 Å². The molecule has 0 radical (unpaired) electrons. The van der Waals surface area contributed by atoms with Crippen LogP contribution in [0.4, 0.5) is 0 Å². The Morgan fingerprint density at radius 3 is 2.62 bits per heavy atom. The lowest BCUT2D eigenvalue weighted by atomic mass is 9.61. The molecule has 0 aromatic rings. The van der Waals surface area contributed by atoms with Crippen LogP contribution in [0.1, 0.15) is 91.9 Å². The van der Waals surface area contributed by atoms with Crippen molar-refractivity contribution in [2.24, 2.45) is 23.2 Å². The molecule has 4 fully saturated rings. The molecule has 0 amide bonds. The van der Waals surface area contributed by atoms with E-state index in [0.29, 0.717) is 29.7 Å². The first-order chi connectivity index (χ1) is 15.1. The number of fused-ring (bicyclic) bond motifs is 1. The van der Waals surface area contributed by atoms with E-state index in [1.165, 1.54) is 64.5 Å². The predicted molar refractivity (Wildman–Crippen MR) is 133 cm³/mol. The van der Waals surface area contributed by atoms with Gasteiger partial charge in [0.05, 0.1) is 12.2 Å². The second kappa shape index (κ2) is 9.39. The number of piperidine rings is 1. The lowest BCUT2D eigenvalue weighted by molar-refractivity contribution is 0.0256. The minimum Gasteiger partial charge on any atom is -0.393 e. The summed E-state index contributed by atoms with van der Waals surface area (Å²) < 4.78 is 0. The SMILES string of the molecule is C=C1C(=CC=C2CCC[C@]3(C)[C@@H](C(C)CN4CCCCC4(C)C)CC[C@@H]23)C[C@@H](O)C[C@@H]1O. The molecule has 0 aromatic carbocycles. The molecule has 1 unspecified atom stereocenters. The number of likely N-dealkylation sites (tertiary alicyclic amines) is 1. The molecule has 6 atom stereocenters. The Balaban J connectivity index is 1.48. The minimum atomic E-state index is -0.601. The molecule has 3 aliphatic carbocycles. The van der Waals surface area contributed by atoms with Gasteiger partial charge in [0.15, 0.2) is 0 Å². The number of aliphatic hydroxyl groups is 2. The molecule has 3 heteroatoms. The molecular formula is C29H47NO2. The quantitative estimate of drug-likeness (QED) is 0.560. The molecule has 0 bridgehead atoms. The summed E-state index contributed by atoms with van der Waals surface area (Å²) in [6, 6.07) is 0. The van der Waals surface area contributed by atoms with E-state index in [1.54, 1.807) is 5.57 Å². The van der Waals surface area contributed by atoms with Gasteiger partial charge in [0.2, 0.25) is 0 Å². The van der Waals surface area contributed by atoms with Crippen molar-refractivity contribution in [2.45, 2.75) is 110 Å². The van der Waals surface area contributed by atoms with E-state index in [4.69, 9.17) is 0 Å². The van der Waals surface area contributed by atoms with Crippen molar-refractivity contribution >= 4 is 0 Å². The van der Waals surface area contributed by atoms with Gasteiger partial charge in [-0.1, -0.05) is 44.6 Å². The van der Waals surface area contributed by atoms with Gasteiger partial charge in [-0.2, -0.15) is 0 Å². The van der Waals surface area contributed by atoms with E-state index < -0.39 is 12.2 Å². The maximum Gasteiger partial charge on any atom is 0.0811 e. The summed E-state index contributed by atoms with van der Waals surface area (Å²) in [6.07, 6.45) is 15.1. The zero-order valence-electron chi connectivity index (χ0n) is 21.1. The van der Waals surface area contributed by atoms with Gasteiger partial charge in [-0.3, -0.25) is 4.90 Å². The van der Waals surface area contributed by atoms with Crippen LogP contribution in [0.25, 0.3) is 0 Å². The molecule has 0 spiro atoms. The van der Waals surface area contributed by atoms with Gasteiger partial charge in [0.1, 0.15) is 0 Å². The average molecular weight is 442 g/mol. The number of rotatable bonds is 4. The number of hydrogen-bond acceptors (Lipinski definition) is 3. The van der Waals surface area contributed by atoms with Crippen LogP contribution in [0.3, 0.4) is 0 Å². The monoisotopic (exact) mass is 441 g/mol. The van der Waals surface area contributed by atoms with E-state index in [2.05, 4.69) is 51.3 Å². The lowest BCUT2D eigenvalue weighted by Gasteiger charge is -2.48. The van der Waals surface area contributed by atoms with Gasteiger partial charge in [-0.05, 0) is 106 Å². The van der Waals surface area contributed by atoms with E-state index in [0.717, 1.165) is 23.0 Å². The summed E-state index contributed by atoms with van der Waals surface area (Å²) in [5.41, 5.74) is 4.19. The van der Waals surface area contributed by atoms with Crippen LogP contribution >= 0.6 is 0 Å². The molecule has 180 valence electrons. The van der Waals surface area contributed by atoms with Crippen molar-refractivity contribution in [1.82, 2.24) is 4.90 Å². The minimum absolute atomic E-state index is 0.354. The molecule has 0 aromatic heterocycles. The van der Waals surface area contributed by atoms with Crippen LogP contribution in [0.2, 0.25) is 0 Å². The topological polar surface area (TPSA) is 43.7 Å². The average Bonchev–Trinajstić information content (AvgIpc) is 3.08. The van der Waals surface area contributed by atoms with Gasteiger partial charge in [0.25, 0.3) is 0 Å². The Morgan fingerprint density at radius 1 is 1.09 bits per heavy atom. The van der Waals surface area contributed by atoms with E-state index in [9.17, 15) is 10.2 Å². The summed E-state index contributed by atoms with van der Waals surface area (Å²) >= 11 is 0. The van der Waals surface area contributed by atoms with Crippen LogP contribution in [0.15, 0.2) is 35.5 Å². The fraction of sp³-hybridized carbons (Fsp3) is 0.793. The van der Waals surface area contributed by atoms with Crippen LogP contribution in [-0.4, -0.2) is 45.9 Å². The van der Waals surface area contributed by atoms with Crippen molar-refractivity contribution < 1.29 is 10.2 Å². The highest BCUT2D eigenvalue weighted by Crippen LogP contribution is 2.59. The van der Waals surface area contributed by atoms with Crippen molar-refractivity contribution in [3.05, 3.63) is 35.5 Å². The number of hydrogen-bond donors (Lipinski definition) is 2. The van der Waals surface area contributed by atoms with Gasteiger partial charge in [-0.15, -0.1) is 0 Å². The molecule has 1 aliphatic heterocycles. The maximum atomic E-state index is 10.2. The van der Waals surface area contributed by atoms with Crippen molar-refractivity contribution in [2.75, 3.05) is 13.1 Å². The fourth-order valence-electron chi connectivity index (χ4n) is 7.81. The summed E-state index contributed by atoms with van der Waals surface area (Å²) in [5.74, 6) is 2.22. The molecule has 1 saturated heterocycles. The smallest absolute Gasteiger partial charge is 0.0811 e. The molecule has 32 heavy (non-hydrogen) atoms. The van der Waals surface area contributed by atoms with Crippen molar-refractivity contribution in [3.63, 3.8) is 0 Å². The van der Waals surface area contributed by atoms with Gasteiger partial charge < -0.3 is 10.2 Å². The fourth-order valence-corrected chi connectivity index (χ4v) is 7.81. The standard InChI is InChI=1S/C29H47NO2/c1-20(19-30-16-7-6-14-28(30,3)4)25-12-13-26-22(9-8-15-29(25,26)5)10-11-23-17-24(31)18-27(32)21(23)2/h10-11,20,24-27,31-32H,2,6-9,12-19H2,1,3-5H3/t20?,24-,25-,26+,27+,29-/m1/s1. The van der Waals surface area contributed by atoms with Crippen molar-refractivity contribution in [3.8, 4) is 0 Å². The van der Waals surface area contributed by atoms with Crippen LogP contribution in [0, 0.1) is 23.2 Å². The lowest BCUT2D eigenvalue weighted by Crippen LogP contribution is -2.50. The van der Waals surface area contributed by atoms with Gasteiger partial charge in [0, 0.05) is 18.5 Å². The van der Waals surface area contributed by atoms with E-state index in [1.807, 2.05) is 0 Å². The summed E-state index contributed by atoms with van der Waals surface area (Å²) in [4.78, 5) is 2.78. The highest BCUT2D eigenvalue weighted by molar-refractivity contribution is 5.38. The summed E-state index contributed by atoms with van der Waals surface area (Å²) in [7, 11) is 0. The normalized spacial score (nSPS) is 41.8. The highest BCUT2D eigenvalue weighted by atomic mass is 16.3. The predicted octanol–water partition coefficient (Wildman–Crippen LogP) is 6.03. The third-order valence-electron chi connectivity index (χ3n) is 9.82. The Kier molecular flexibility index (Phi) is 7.11. The van der Waals surface area contributed by atoms with Crippen LogP contribution in [-0.2, 0) is 0 Å². The molecule has 4 rings (SSSR count). The number of aliphatic hydroxyl groups excluding tert-OH is 2. The summed E-state index contributed by atoms with van der Waals surface area (Å²) in [6.45, 7) is 16.6. The largest absolute Gasteiger partial charge is 0.393 e. The van der Waals surface area contributed by atoms with E-state index in [-0.39, 0.29) is 0 Å². The Bertz CT molecular complexity index is 765. The van der Waals surface area contributed by atoms with Crippen LogP contribution in [0.5, 0.6) is 0 Å². The van der Waals surface area contributed by atoms with Crippen molar-refractivity contribution in [1.29, 1.82) is 0 Å². The molecule has 2 N–H and O–H groups in total. The second-order valence-corrected chi connectivity index (χ2v) is 12.4. The number of allylic oxidation sites excluding steroid dienone is 3. The first kappa shape index (κ1) is 24.2. The molecule has 3 nitrogen and oxygen atoms in total. The van der Waals surface area contributed by atoms with E-state index >= 15 is 0 Å². The summed E-state index contributed by atoms with van der Waals surface area (Å²) in [5, 5.41) is 20.3. The first-order valence-electron chi connectivity index (χ1n) is 13.3. The molecule has 4 aliphatic rings. The van der Waals surface area contributed by atoms with Crippen LogP contribution < -0.4 is 0 Å². The Labute approximate surface area is 196 Å². The molecular weight excluding hydrogens is 394 g/mol. The zero-order valence-corrected chi connectivity index (χ0v) is 21.1. The third kappa shape index (κ3) is 4.68. The Morgan fingerprint density at radius 2 is 1.88 bits per heavy atom. The van der Waals surface area contributed by atoms with Gasteiger partial charge >= 0.3 is 0 Å². The second-order valence-electron chi connectivity index (χ2n) is 12.4. The third-order valence-corrected chi connectivity index (χ3v) is 9.82. The first-order valence-corrected chi connectivity index (χ1v) is 13.3. The molecule has 1 heterocycles. The Hall–Kier alpha value is -0.900. The highest BCUT2D eigenvalue weighted by Gasteiger charge is 2.51. The molecule has 3 saturated carbocycles.